The highest BCUT2D eigenvalue weighted by Gasteiger charge is 2.52. The molecule has 2 fully saturated rings. The fourth-order valence-electron chi connectivity index (χ4n) is 5.06. The fourth-order valence-corrected chi connectivity index (χ4v) is 5.06. The lowest BCUT2D eigenvalue weighted by atomic mass is 9.62. The smallest absolute Gasteiger partial charge is 0.136 e. The fraction of sp³-hybridized carbons (Fsp3) is 0.947. The highest BCUT2D eigenvalue weighted by molar-refractivity contribution is 5.83. The van der Waals surface area contributed by atoms with Crippen LogP contribution < -0.4 is 0 Å². The molecule has 4 atom stereocenters. The summed E-state index contributed by atoms with van der Waals surface area (Å²) in [5, 5.41) is 0. The summed E-state index contributed by atoms with van der Waals surface area (Å²) in [6.07, 6.45) is 9.75. The Kier molecular flexibility index (Phi) is 4.66. The number of Topliss-reactive ketones (excluding diaryl/α,β-unsaturated/α-hetero) is 1. The number of ketones is 1. The normalized spacial score (nSPS) is 36.0. The van der Waals surface area contributed by atoms with Gasteiger partial charge in [-0.1, -0.05) is 47.5 Å². The van der Waals surface area contributed by atoms with Crippen LogP contribution >= 0.6 is 0 Å². The molecule has 20 heavy (non-hydrogen) atoms. The Labute approximate surface area is 125 Å². The molecule has 0 N–H and O–H groups in total. The summed E-state index contributed by atoms with van der Waals surface area (Å²) in [5.41, 5.74) is 0.791. The maximum atomic E-state index is 12.2. The topological polar surface area (TPSA) is 17.1 Å². The van der Waals surface area contributed by atoms with Crippen LogP contribution in [0.1, 0.15) is 86.0 Å². The van der Waals surface area contributed by atoms with Gasteiger partial charge in [-0.05, 0) is 54.8 Å². The van der Waals surface area contributed by atoms with Gasteiger partial charge in [-0.15, -0.1) is 0 Å². The first-order valence-corrected chi connectivity index (χ1v) is 8.77. The van der Waals surface area contributed by atoms with Crippen LogP contribution in [0.3, 0.4) is 0 Å². The first-order valence-electron chi connectivity index (χ1n) is 8.77. The van der Waals surface area contributed by atoms with Crippen LogP contribution in [-0.2, 0) is 4.79 Å². The lowest BCUT2D eigenvalue weighted by Gasteiger charge is -2.42. The molecule has 2 aliphatic rings. The molecule has 3 unspecified atom stereocenters. The van der Waals surface area contributed by atoms with E-state index in [4.69, 9.17) is 0 Å². The molecular formula is C19H34O. The second-order valence-corrected chi connectivity index (χ2v) is 8.99. The summed E-state index contributed by atoms with van der Waals surface area (Å²) < 4.78 is 0. The van der Waals surface area contributed by atoms with Crippen molar-refractivity contribution in [3.8, 4) is 0 Å². The van der Waals surface area contributed by atoms with E-state index in [1.165, 1.54) is 38.5 Å². The molecule has 0 saturated heterocycles. The predicted octanol–water partition coefficient (Wildman–Crippen LogP) is 5.62. The van der Waals surface area contributed by atoms with Gasteiger partial charge in [0.2, 0.25) is 0 Å². The molecule has 0 radical (unpaired) electrons. The van der Waals surface area contributed by atoms with Gasteiger partial charge >= 0.3 is 0 Å². The van der Waals surface area contributed by atoms with E-state index >= 15 is 0 Å². The Morgan fingerprint density at radius 1 is 1.30 bits per heavy atom. The molecule has 0 aromatic rings. The summed E-state index contributed by atoms with van der Waals surface area (Å²) in [4.78, 5) is 12.2. The van der Waals surface area contributed by atoms with Gasteiger partial charge in [0.1, 0.15) is 5.78 Å². The van der Waals surface area contributed by atoms with E-state index in [-0.39, 0.29) is 0 Å². The molecule has 0 bridgehead atoms. The molecule has 0 aromatic heterocycles. The van der Waals surface area contributed by atoms with Crippen molar-refractivity contribution in [2.45, 2.75) is 86.0 Å². The van der Waals surface area contributed by atoms with Crippen molar-refractivity contribution in [3.63, 3.8) is 0 Å². The van der Waals surface area contributed by atoms with Gasteiger partial charge in [0.05, 0.1) is 0 Å². The first-order chi connectivity index (χ1) is 9.24. The van der Waals surface area contributed by atoms with Crippen LogP contribution in [0, 0.1) is 28.6 Å². The average molecular weight is 278 g/mol. The van der Waals surface area contributed by atoms with Crippen LogP contribution in [0.4, 0.5) is 0 Å². The summed E-state index contributed by atoms with van der Waals surface area (Å²) >= 11 is 0. The van der Waals surface area contributed by atoms with Crippen molar-refractivity contribution >= 4 is 5.78 Å². The molecule has 0 aliphatic heterocycles. The Balaban J connectivity index is 1.93. The molecule has 2 rings (SSSR count). The van der Waals surface area contributed by atoms with Gasteiger partial charge in [0, 0.05) is 12.3 Å². The average Bonchev–Trinajstić information content (AvgIpc) is 2.66. The second kappa shape index (κ2) is 5.81. The second-order valence-electron chi connectivity index (χ2n) is 8.99. The van der Waals surface area contributed by atoms with Gasteiger partial charge in [-0.2, -0.15) is 0 Å². The van der Waals surface area contributed by atoms with E-state index in [1.807, 2.05) is 0 Å². The molecule has 116 valence electrons. The molecule has 0 spiro atoms. The minimum absolute atomic E-state index is 0.330. The standard InChI is InChI=1S/C19H34O/c1-14(8-6-12-18(2,3)4)15-10-11-16-17(20)9-7-13-19(15,16)5/h14-16H,6-13H2,1-5H3/t14?,15?,16-,19?/m0/s1. The molecule has 1 heteroatoms. The maximum absolute atomic E-state index is 12.2. The number of fused-ring (bicyclic) bond motifs is 1. The highest BCUT2D eigenvalue weighted by Crippen LogP contribution is 2.57. The van der Waals surface area contributed by atoms with Crippen LogP contribution in [-0.4, -0.2) is 5.78 Å². The van der Waals surface area contributed by atoms with E-state index < -0.39 is 0 Å². The lowest BCUT2D eigenvalue weighted by molar-refractivity contribution is -0.130. The van der Waals surface area contributed by atoms with E-state index in [0.29, 0.717) is 22.5 Å². The van der Waals surface area contributed by atoms with Crippen LogP contribution in [0.2, 0.25) is 0 Å². The van der Waals surface area contributed by atoms with Crippen molar-refractivity contribution in [2.75, 3.05) is 0 Å². The van der Waals surface area contributed by atoms with Crippen molar-refractivity contribution in [1.82, 2.24) is 0 Å². The third kappa shape index (κ3) is 3.28. The predicted molar refractivity (Wildman–Crippen MR) is 85.6 cm³/mol. The minimum Gasteiger partial charge on any atom is -0.299 e. The third-order valence-electron chi connectivity index (χ3n) is 6.21. The molecular weight excluding hydrogens is 244 g/mol. The Morgan fingerprint density at radius 3 is 2.65 bits per heavy atom. The zero-order chi connectivity index (χ0) is 15.0. The van der Waals surface area contributed by atoms with E-state index in [9.17, 15) is 4.79 Å². The summed E-state index contributed by atoms with van der Waals surface area (Å²) in [7, 11) is 0. The number of carbonyl (C=O) groups excluding carboxylic acids is 1. The number of hydrogen-bond donors (Lipinski definition) is 0. The van der Waals surface area contributed by atoms with Crippen molar-refractivity contribution in [3.05, 3.63) is 0 Å². The van der Waals surface area contributed by atoms with Gasteiger partial charge in [-0.25, -0.2) is 0 Å². The maximum Gasteiger partial charge on any atom is 0.136 e. The zero-order valence-electron chi connectivity index (χ0n) is 14.3. The first kappa shape index (κ1) is 16.0. The Bertz CT molecular complexity index is 351. The number of rotatable bonds is 4. The third-order valence-corrected chi connectivity index (χ3v) is 6.21. The molecule has 0 aromatic carbocycles. The summed E-state index contributed by atoms with van der Waals surface area (Å²) in [6, 6.07) is 0. The highest BCUT2D eigenvalue weighted by atomic mass is 16.1. The van der Waals surface area contributed by atoms with Gasteiger partial charge < -0.3 is 0 Å². The van der Waals surface area contributed by atoms with Crippen molar-refractivity contribution in [2.24, 2.45) is 28.6 Å². The van der Waals surface area contributed by atoms with E-state index in [1.54, 1.807) is 0 Å². The Hall–Kier alpha value is -0.330. The van der Waals surface area contributed by atoms with E-state index in [2.05, 4.69) is 34.6 Å². The number of carbonyl (C=O) groups is 1. The van der Waals surface area contributed by atoms with Crippen LogP contribution in [0.25, 0.3) is 0 Å². The summed E-state index contributed by atoms with van der Waals surface area (Å²) in [6.45, 7) is 11.9. The lowest BCUT2D eigenvalue weighted by Crippen LogP contribution is -2.39. The van der Waals surface area contributed by atoms with Crippen molar-refractivity contribution < 1.29 is 4.79 Å². The zero-order valence-corrected chi connectivity index (χ0v) is 14.3. The van der Waals surface area contributed by atoms with Gasteiger partial charge in [0.25, 0.3) is 0 Å². The van der Waals surface area contributed by atoms with Gasteiger partial charge in [0.15, 0.2) is 0 Å². The Morgan fingerprint density at radius 2 is 2.00 bits per heavy atom. The van der Waals surface area contributed by atoms with Crippen LogP contribution in [0.5, 0.6) is 0 Å². The minimum atomic E-state index is 0.330. The quantitative estimate of drug-likeness (QED) is 0.652. The molecule has 0 heterocycles. The largest absolute Gasteiger partial charge is 0.299 e. The summed E-state index contributed by atoms with van der Waals surface area (Å²) in [5.74, 6) is 2.55. The number of hydrogen-bond acceptors (Lipinski definition) is 1. The molecule has 0 amide bonds. The monoisotopic (exact) mass is 278 g/mol. The molecule has 1 nitrogen and oxygen atoms in total. The van der Waals surface area contributed by atoms with E-state index in [0.717, 1.165) is 24.7 Å². The molecule has 2 saturated carbocycles. The SMILES string of the molecule is CC(CCCC(C)(C)C)C1CC[C@H]2C(=O)CCCC12C. The van der Waals surface area contributed by atoms with Gasteiger partial charge in [-0.3, -0.25) is 4.79 Å². The van der Waals surface area contributed by atoms with Crippen LogP contribution in [0.15, 0.2) is 0 Å². The molecule has 2 aliphatic carbocycles. The van der Waals surface area contributed by atoms with Crippen molar-refractivity contribution in [1.29, 1.82) is 0 Å².